The molecule has 7 nitrogen and oxygen atoms in total. The zero-order chi connectivity index (χ0) is 13.8. The Bertz CT molecular complexity index is 572. The monoisotopic (exact) mass is 263 g/mol. The largest absolute Gasteiger partial charge is 0.462 e. The van der Waals surface area contributed by atoms with Gasteiger partial charge in [-0.05, 0) is 6.92 Å². The summed E-state index contributed by atoms with van der Waals surface area (Å²) >= 11 is 0. The lowest BCUT2D eigenvalue weighted by atomic mass is 10.2. The van der Waals surface area contributed by atoms with Crippen molar-refractivity contribution in [2.45, 2.75) is 13.5 Å². The molecule has 0 atom stereocenters. The SMILES string of the molecule is CCOC(=O)c1cnn(C)c1CNc1ccn(C)n1. The van der Waals surface area contributed by atoms with Gasteiger partial charge in [0.1, 0.15) is 11.4 Å². The molecule has 0 saturated carbocycles. The highest BCUT2D eigenvalue weighted by molar-refractivity contribution is 5.90. The molecule has 0 aliphatic rings. The first-order valence-corrected chi connectivity index (χ1v) is 6.03. The number of nitrogens with one attached hydrogen (secondary N) is 1. The first kappa shape index (κ1) is 13.1. The Morgan fingerprint density at radius 1 is 1.47 bits per heavy atom. The minimum Gasteiger partial charge on any atom is -0.462 e. The standard InChI is InChI=1S/C12H17N5O2/c1-4-19-12(18)9-7-14-17(3)10(9)8-13-11-5-6-16(2)15-11/h5-7H,4,8H2,1-3H3,(H,13,15). The lowest BCUT2D eigenvalue weighted by molar-refractivity contribution is 0.0525. The number of hydrogen-bond acceptors (Lipinski definition) is 5. The Labute approximate surface area is 111 Å². The minimum atomic E-state index is -0.353. The van der Waals surface area contributed by atoms with Gasteiger partial charge in [-0.15, -0.1) is 0 Å². The molecule has 0 fully saturated rings. The highest BCUT2D eigenvalue weighted by Gasteiger charge is 2.16. The summed E-state index contributed by atoms with van der Waals surface area (Å²) < 4.78 is 8.36. The minimum absolute atomic E-state index is 0.348. The molecule has 1 N–H and O–H groups in total. The molecule has 2 heterocycles. The van der Waals surface area contributed by atoms with Gasteiger partial charge in [-0.1, -0.05) is 0 Å². The highest BCUT2D eigenvalue weighted by atomic mass is 16.5. The van der Waals surface area contributed by atoms with E-state index in [1.165, 1.54) is 6.20 Å². The zero-order valence-corrected chi connectivity index (χ0v) is 11.3. The molecule has 0 aliphatic heterocycles. The molecule has 2 rings (SSSR count). The number of anilines is 1. The van der Waals surface area contributed by atoms with Crippen molar-refractivity contribution in [2.75, 3.05) is 11.9 Å². The quantitative estimate of drug-likeness (QED) is 0.813. The van der Waals surface area contributed by atoms with E-state index in [-0.39, 0.29) is 5.97 Å². The molecule has 19 heavy (non-hydrogen) atoms. The van der Waals surface area contributed by atoms with Crippen LogP contribution in [0.3, 0.4) is 0 Å². The van der Waals surface area contributed by atoms with Crippen LogP contribution in [0.25, 0.3) is 0 Å². The van der Waals surface area contributed by atoms with E-state index in [1.807, 2.05) is 19.3 Å². The molecule has 0 bridgehead atoms. The number of ether oxygens (including phenoxy) is 1. The molecule has 0 aromatic carbocycles. The van der Waals surface area contributed by atoms with Crippen molar-refractivity contribution >= 4 is 11.8 Å². The van der Waals surface area contributed by atoms with E-state index >= 15 is 0 Å². The molecular weight excluding hydrogens is 246 g/mol. The van der Waals surface area contributed by atoms with Gasteiger partial charge < -0.3 is 10.1 Å². The number of aryl methyl sites for hydroxylation is 2. The topological polar surface area (TPSA) is 74.0 Å². The van der Waals surface area contributed by atoms with E-state index in [4.69, 9.17) is 4.74 Å². The van der Waals surface area contributed by atoms with Gasteiger partial charge in [0, 0.05) is 26.4 Å². The van der Waals surface area contributed by atoms with Gasteiger partial charge in [-0.25, -0.2) is 4.79 Å². The van der Waals surface area contributed by atoms with Crippen LogP contribution >= 0.6 is 0 Å². The molecule has 102 valence electrons. The van der Waals surface area contributed by atoms with Gasteiger partial charge in [0.15, 0.2) is 0 Å². The average molecular weight is 263 g/mol. The van der Waals surface area contributed by atoms with Crippen LogP contribution in [0.4, 0.5) is 5.82 Å². The smallest absolute Gasteiger partial charge is 0.341 e. The summed E-state index contributed by atoms with van der Waals surface area (Å²) in [7, 11) is 3.64. The van der Waals surface area contributed by atoms with E-state index in [0.717, 1.165) is 11.5 Å². The Morgan fingerprint density at radius 3 is 2.89 bits per heavy atom. The van der Waals surface area contributed by atoms with Crippen LogP contribution in [0.1, 0.15) is 23.0 Å². The second-order valence-electron chi connectivity index (χ2n) is 4.08. The number of rotatable bonds is 5. The summed E-state index contributed by atoms with van der Waals surface area (Å²) in [4.78, 5) is 11.8. The van der Waals surface area contributed by atoms with E-state index in [2.05, 4.69) is 15.5 Å². The molecule has 0 unspecified atom stereocenters. The lowest BCUT2D eigenvalue weighted by Crippen LogP contribution is -2.12. The van der Waals surface area contributed by atoms with Crippen molar-refractivity contribution < 1.29 is 9.53 Å². The molecule has 0 saturated heterocycles. The molecule has 2 aromatic rings. The lowest BCUT2D eigenvalue weighted by Gasteiger charge is -2.07. The Kier molecular flexibility index (Phi) is 3.84. The van der Waals surface area contributed by atoms with Crippen molar-refractivity contribution in [1.82, 2.24) is 19.6 Å². The summed E-state index contributed by atoms with van der Waals surface area (Å²) in [6.07, 6.45) is 3.37. The van der Waals surface area contributed by atoms with Gasteiger partial charge in [0.05, 0.1) is 25.0 Å². The Balaban J connectivity index is 2.11. The number of aromatic nitrogens is 4. The predicted octanol–water partition coefficient (Wildman–Crippen LogP) is 0.942. The molecule has 7 heteroatoms. The third-order valence-corrected chi connectivity index (χ3v) is 2.71. The summed E-state index contributed by atoms with van der Waals surface area (Å²) in [5, 5.41) is 11.4. The molecule has 0 aliphatic carbocycles. The van der Waals surface area contributed by atoms with Crippen molar-refractivity contribution in [3.8, 4) is 0 Å². The summed E-state index contributed by atoms with van der Waals surface area (Å²) in [6.45, 7) is 2.59. The second-order valence-corrected chi connectivity index (χ2v) is 4.08. The van der Waals surface area contributed by atoms with Gasteiger partial charge in [0.2, 0.25) is 0 Å². The van der Waals surface area contributed by atoms with Crippen LogP contribution in [-0.4, -0.2) is 32.1 Å². The number of carbonyl (C=O) groups is 1. The van der Waals surface area contributed by atoms with Crippen LogP contribution in [0.2, 0.25) is 0 Å². The van der Waals surface area contributed by atoms with Gasteiger partial charge in [-0.3, -0.25) is 9.36 Å². The summed E-state index contributed by atoms with van der Waals surface area (Å²) in [5.41, 5.74) is 1.25. The van der Waals surface area contributed by atoms with Crippen LogP contribution < -0.4 is 5.32 Å². The van der Waals surface area contributed by atoms with E-state index < -0.39 is 0 Å². The van der Waals surface area contributed by atoms with Crippen molar-refractivity contribution in [3.05, 3.63) is 29.7 Å². The predicted molar refractivity (Wildman–Crippen MR) is 69.7 cm³/mol. The molecular formula is C12H17N5O2. The molecule has 0 amide bonds. The average Bonchev–Trinajstić information content (AvgIpc) is 2.94. The van der Waals surface area contributed by atoms with Crippen molar-refractivity contribution in [2.24, 2.45) is 14.1 Å². The molecule has 0 radical (unpaired) electrons. The molecule has 2 aromatic heterocycles. The van der Waals surface area contributed by atoms with E-state index in [0.29, 0.717) is 18.7 Å². The first-order chi connectivity index (χ1) is 9.11. The van der Waals surface area contributed by atoms with E-state index in [9.17, 15) is 4.79 Å². The highest BCUT2D eigenvalue weighted by Crippen LogP contribution is 2.12. The Hall–Kier alpha value is -2.31. The Morgan fingerprint density at radius 2 is 2.26 bits per heavy atom. The normalized spacial score (nSPS) is 10.5. The van der Waals surface area contributed by atoms with Crippen LogP contribution in [-0.2, 0) is 25.4 Å². The fourth-order valence-electron chi connectivity index (χ4n) is 1.74. The van der Waals surface area contributed by atoms with Crippen LogP contribution in [0, 0.1) is 0 Å². The van der Waals surface area contributed by atoms with Crippen LogP contribution in [0.15, 0.2) is 18.5 Å². The van der Waals surface area contributed by atoms with Gasteiger partial charge >= 0.3 is 5.97 Å². The van der Waals surface area contributed by atoms with Crippen LogP contribution in [0.5, 0.6) is 0 Å². The third-order valence-electron chi connectivity index (χ3n) is 2.71. The van der Waals surface area contributed by atoms with Crippen molar-refractivity contribution in [3.63, 3.8) is 0 Å². The summed E-state index contributed by atoms with van der Waals surface area (Å²) in [5.74, 6) is 0.395. The van der Waals surface area contributed by atoms with Gasteiger partial charge in [-0.2, -0.15) is 10.2 Å². The number of esters is 1. The maximum atomic E-state index is 11.8. The first-order valence-electron chi connectivity index (χ1n) is 6.03. The number of carbonyl (C=O) groups excluding carboxylic acids is 1. The maximum Gasteiger partial charge on any atom is 0.341 e. The maximum absolute atomic E-state index is 11.8. The second kappa shape index (κ2) is 5.55. The fraction of sp³-hybridized carbons (Fsp3) is 0.417. The summed E-state index contributed by atoms with van der Waals surface area (Å²) in [6, 6.07) is 1.86. The zero-order valence-electron chi connectivity index (χ0n) is 11.3. The van der Waals surface area contributed by atoms with Crippen molar-refractivity contribution in [1.29, 1.82) is 0 Å². The van der Waals surface area contributed by atoms with Gasteiger partial charge in [0.25, 0.3) is 0 Å². The number of hydrogen-bond donors (Lipinski definition) is 1. The molecule has 0 spiro atoms. The third kappa shape index (κ3) is 2.93. The number of nitrogens with zero attached hydrogens (tertiary/aromatic N) is 4. The van der Waals surface area contributed by atoms with E-state index in [1.54, 1.807) is 23.3 Å². The fourth-order valence-corrected chi connectivity index (χ4v) is 1.74.